The van der Waals surface area contributed by atoms with Gasteiger partial charge in [0.2, 0.25) is 5.28 Å². The van der Waals surface area contributed by atoms with Gasteiger partial charge in [0.1, 0.15) is 5.15 Å². The SMILES string of the molecule is OC1CCN(Cc2cnc(Cl)nc2Cl)C1. The van der Waals surface area contributed by atoms with Gasteiger partial charge in [0.05, 0.1) is 6.10 Å². The summed E-state index contributed by atoms with van der Waals surface area (Å²) in [5.74, 6) is 0. The van der Waals surface area contributed by atoms with Crippen molar-refractivity contribution >= 4 is 23.2 Å². The minimum atomic E-state index is -0.225. The van der Waals surface area contributed by atoms with Crippen molar-refractivity contribution in [2.45, 2.75) is 19.1 Å². The van der Waals surface area contributed by atoms with Crippen molar-refractivity contribution in [3.05, 3.63) is 22.2 Å². The molecule has 0 aromatic carbocycles. The molecular weight excluding hydrogens is 237 g/mol. The van der Waals surface area contributed by atoms with Gasteiger partial charge in [-0.15, -0.1) is 0 Å². The van der Waals surface area contributed by atoms with Crippen LogP contribution in [-0.4, -0.2) is 39.2 Å². The molecule has 1 aliphatic heterocycles. The highest BCUT2D eigenvalue weighted by molar-refractivity contribution is 6.32. The Morgan fingerprint density at radius 1 is 1.53 bits per heavy atom. The summed E-state index contributed by atoms with van der Waals surface area (Å²) >= 11 is 11.5. The second-order valence-electron chi connectivity index (χ2n) is 3.63. The van der Waals surface area contributed by atoms with Gasteiger partial charge in [0, 0.05) is 31.4 Å². The van der Waals surface area contributed by atoms with Gasteiger partial charge in [-0.2, -0.15) is 0 Å². The first-order valence-corrected chi connectivity index (χ1v) is 5.48. The Hall–Kier alpha value is -0.420. The number of nitrogens with zero attached hydrogens (tertiary/aromatic N) is 3. The fraction of sp³-hybridized carbons (Fsp3) is 0.556. The van der Waals surface area contributed by atoms with E-state index in [0.29, 0.717) is 18.2 Å². The lowest BCUT2D eigenvalue weighted by Crippen LogP contribution is -2.21. The molecule has 0 spiro atoms. The van der Waals surface area contributed by atoms with E-state index in [2.05, 4.69) is 14.9 Å². The molecule has 0 radical (unpaired) electrons. The van der Waals surface area contributed by atoms with Crippen LogP contribution in [0.5, 0.6) is 0 Å². The molecule has 82 valence electrons. The minimum absolute atomic E-state index is 0.158. The second kappa shape index (κ2) is 4.61. The maximum Gasteiger partial charge on any atom is 0.223 e. The second-order valence-corrected chi connectivity index (χ2v) is 4.33. The summed E-state index contributed by atoms with van der Waals surface area (Å²) in [6, 6.07) is 0. The van der Waals surface area contributed by atoms with Crippen molar-refractivity contribution in [3.8, 4) is 0 Å². The van der Waals surface area contributed by atoms with Crippen LogP contribution in [0.3, 0.4) is 0 Å². The van der Waals surface area contributed by atoms with Crippen molar-refractivity contribution in [2.24, 2.45) is 0 Å². The largest absolute Gasteiger partial charge is 0.392 e. The molecule has 0 amide bonds. The number of hydrogen-bond acceptors (Lipinski definition) is 4. The summed E-state index contributed by atoms with van der Waals surface area (Å²) in [5, 5.41) is 9.91. The first kappa shape index (κ1) is 11.1. The maximum absolute atomic E-state index is 9.36. The molecule has 0 saturated carbocycles. The zero-order chi connectivity index (χ0) is 10.8. The summed E-state index contributed by atoms with van der Waals surface area (Å²) in [7, 11) is 0. The Kier molecular flexibility index (Phi) is 3.41. The zero-order valence-corrected chi connectivity index (χ0v) is 9.54. The van der Waals surface area contributed by atoms with Gasteiger partial charge >= 0.3 is 0 Å². The van der Waals surface area contributed by atoms with Crippen LogP contribution < -0.4 is 0 Å². The van der Waals surface area contributed by atoms with E-state index in [1.54, 1.807) is 6.20 Å². The Morgan fingerprint density at radius 2 is 2.33 bits per heavy atom. The maximum atomic E-state index is 9.36. The van der Waals surface area contributed by atoms with Crippen LogP contribution >= 0.6 is 23.2 Å². The van der Waals surface area contributed by atoms with Gasteiger partial charge in [-0.25, -0.2) is 9.97 Å². The third kappa shape index (κ3) is 2.78. The normalized spacial score (nSPS) is 22.2. The first-order chi connectivity index (χ1) is 7.15. The fourth-order valence-corrected chi connectivity index (χ4v) is 2.03. The standard InChI is InChI=1S/C9H11Cl2N3O/c10-8-6(3-12-9(11)13-8)4-14-2-1-7(15)5-14/h3,7,15H,1-2,4-5H2. The molecule has 6 heteroatoms. The van der Waals surface area contributed by atoms with Crippen LogP contribution in [-0.2, 0) is 6.54 Å². The molecule has 0 bridgehead atoms. The van der Waals surface area contributed by atoms with E-state index in [4.69, 9.17) is 23.2 Å². The van der Waals surface area contributed by atoms with Gasteiger partial charge in [0.15, 0.2) is 0 Å². The number of aliphatic hydroxyl groups is 1. The predicted octanol–water partition coefficient (Wildman–Crippen LogP) is 1.35. The highest BCUT2D eigenvalue weighted by Crippen LogP contribution is 2.18. The molecule has 2 rings (SSSR count). The quantitative estimate of drug-likeness (QED) is 0.634. The predicted molar refractivity (Wildman–Crippen MR) is 58.0 cm³/mol. The molecule has 1 fully saturated rings. The lowest BCUT2D eigenvalue weighted by atomic mass is 10.3. The van der Waals surface area contributed by atoms with Crippen LogP contribution in [0.1, 0.15) is 12.0 Å². The van der Waals surface area contributed by atoms with E-state index in [9.17, 15) is 5.11 Å². The molecule has 1 aromatic rings. The molecule has 0 aliphatic carbocycles. The molecule has 1 aromatic heterocycles. The van der Waals surface area contributed by atoms with E-state index < -0.39 is 0 Å². The Balaban J connectivity index is 2.04. The lowest BCUT2D eigenvalue weighted by Gasteiger charge is -2.14. The lowest BCUT2D eigenvalue weighted by molar-refractivity contribution is 0.174. The number of β-amino-alcohol motifs (C(OH)–C–C–N with tert-alkyl or cyclic N) is 1. The molecule has 1 N–H and O–H groups in total. The zero-order valence-electron chi connectivity index (χ0n) is 8.03. The van der Waals surface area contributed by atoms with E-state index >= 15 is 0 Å². The molecule has 1 saturated heterocycles. The minimum Gasteiger partial charge on any atom is -0.392 e. The van der Waals surface area contributed by atoms with Gasteiger partial charge in [-0.3, -0.25) is 4.90 Å². The van der Waals surface area contributed by atoms with Crippen molar-refractivity contribution in [2.75, 3.05) is 13.1 Å². The van der Waals surface area contributed by atoms with Crippen LogP contribution in [0, 0.1) is 0 Å². The number of likely N-dealkylation sites (tertiary alicyclic amines) is 1. The van der Waals surface area contributed by atoms with E-state index in [1.165, 1.54) is 0 Å². The topological polar surface area (TPSA) is 49.2 Å². The average Bonchev–Trinajstić information content (AvgIpc) is 2.56. The monoisotopic (exact) mass is 247 g/mol. The van der Waals surface area contributed by atoms with Gasteiger partial charge in [0.25, 0.3) is 0 Å². The Labute approximate surface area is 97.9 Å². The van der Waals surface area contributed by atoms with Crippen LogP contribution in [0.4, 0.5) is 0 Å². The summed E-state index contributed by atoms with van der Waals surface area (Å²) in [6.45, 7) is 2.21. The van der Waals surface area contributed by atoms with Crippen molar-refractivity contribution in [1.29, 1.82) is 0 Å². The highest BCUT2D eigenvalue weighted by Gasteiger charge is 2.21. The van der Waals surface area contributed by atoms with E-state index in [1.807, 2.05) is 0 Å². The molecule has 1 atom stereocenters. The number of aliphatic hydroxyl groups excluding tert-OH is 1. The number of hydrogen-bond donors (Lipinski definition) is 1. The number of halogens is 2. The van der Waals surface area contributed by atoms with Crippen LogP contribution in [0.15, 0.2) is 6.20 Å². The van der Waals surface area contributed by atoms with Crippen LogP contribution in [0.2, 0.25) is 10.4 Å². The Morgan fingerprint density at radius 3 is 2.93 bits per heavy atom. The molecule has 1 unspecified atom stereocenters. The molecular formula is C9H11Cl2N3O. The summed E-state index contributed by atoms with van der Waals surface area (Å²) in [4.78, 5) is 9.86. The molecule has 4 nitrogen and oxygen atoms in total. The molecule has 15 heavy (non-hydrogen) atoms. The molecule has 2 heterocycles. The fourth-order valence-electron chi connectivity index (χ4n) is 1.67. The Bertz CT molecular complexity index is 361. The van der Waals surface area contributed by atoms with Crippen molar-refractivity contribution in [1.82, 2.24) is 14.9 Å². The number of rotatable bonds is 2. The summed E-state index contributed by atoms with van der Waals surface area (Å²) in [5.41, 5.74) is 0.843. The van der Waals surface area contributed by atoms with E-state index in [-0.39, 0.29) is 11.4 Å². The van der Waals surface area contributed by atoms with Gasteiger partial charge in [-0.05, 0) is 18.0 Å². The van der Waals surface area contributed by atoms with E-state index in [0.717, 1.165) is 18.5 Å². The number of aromatic nitrogens is 2. The smallest absolute Gasteiger partial charge is 0.223 e. The molecule has 1 aliphatic rings. The summed E-state index contributed by atoms with van der Waals surface area (Å²) < 4.78 is 0. The van der Waals surface area contributed by atoms with Crippen LogP contribution in [0.25, 0.3) is 0 Å². The third-order valence-electron chi connectivity index (χ3n) is 2.42. The first-order valence-electron chi connectivity index (χ1n) is 4.72. The summed E-state index contributed by atoms with van der Waals surface area (Å²) in [6.07, 6.45) is 2.21. The van der Waals surface area contributed by atoms with Crippen molar-refractivity contribution in [3.63, 3.8) is 0 Å². The third-order valence-corrected chi connectivity index (χ3v) is 2.93. The average molecular weight is 248 g/mol. The van der Waals surface area contributed by atoms with Gasteiger partial charge in [-0.1, -0.05) is 11.6 Å². The van der Waals surface area contributed by atoms with Crippen molar-refractivity contribution < 1.29 is 5.11 Å². The van der Waals surface area contributed by atoms with Gasteiger partial charge < -0.3 is 5.11 Å². The highest BCUT2D eigenvalue weighted by atomic mass is 35.5.